The van der Waals surface area contributed by atoms with Gasteiger partial charge in [-0.3, -0.25) is 4.79 Å². The average Bonchev–Trinajstić information content (AvgIpc) is 2.62. The normalized spacial score (nSPS) is 11.4. The van der Waals surface area contributed by atoms with Gasteiger partial charge in [0.15, 0.2) is 5.11 Å². The summed E-state index contributed by atoms with van der Waals surface area (Å²) < 4.78 is 5.83. The van der Waals surface area contributed by atoms with E-state index in [9.17, 15) is 4.79 Å². The smallest absolute Gasteiger partial charge is 0.253 e. The highest BCUT2D eigenvalue weighted by Gasteiger charge is 2.09. The molecule has 6 heteroatoms. The number of nitrogens with zero attached hydrogens (tertiary/aromatic N) is 1. The van der Waals surface area contributed by atoms with E-state index in [1.54, 1.807) is 31.1 Å². The van der Waals surface area contributed by atoms with Crippen molar-refractivity contribution < 1.29 is 9.53 Å². The first-order valence-corrected chi connectivity index (χ1v) is 9.26. The first kappa shape index (κ1) is 20.7. The van der Waals surface area contributed by atoms with E-state index in [0.717, 1.165) is 11.4 Å². The van der Waals surface area contributed by atoms with Crippen LogP contribution < -0.4 is 15.4 Å². The summed E-state index contributed by atoms with van der Waals surface area (Å²) in [6.07, 6.45) is 0. The molecular formula is C21H27N3O2S. The van der Waals surface area contributed by atoms with Crippen LogP contribution in [0.15, 0.2) is 42.5 Å². The topological polar surface area (TPSA) is 53.6 Å². The molecule has 0 radical (unpaired) electrons. The van der Waals surface area contributed by atoms with E-state index in [2.05, 4.69) is 30.5 Å². The number of thiocarbonyl (C=S) groups is 1. The van der Waals surface area contributed by atoms with Crippen LogP contribution in [-0.4, -0.2) is 42.7 Å². The molecule has 2 aromatic carbocycles. The first-order valence-electron chi connectivity index (χ1n) is 8.85. The van der Waals surface area contributed by atoms with Crippen LogP contribution >= 0.6 is 12.2 Å². The number of rotatable bonds is 6. The molecule has 0 aliphatic rings. The Hall–Kier alpha value is -2.60. The van der Waals surface area contributed by atoms with Gasteiger partial charge in [-0.25, -0.2) is 0 Å². The summed E-state index contributed by atoms with van der Waals surface area (Å²) in [7, 11) is 3.46. The summed E-state index contributed by atoms with van der Waals surface area (Å²) in [6, 6.07) is 13.3. The summed E-state index contributed by atoms with van der Waals surface area (Å²) in [4.78, 5) is 13.5. The lowest BCUT2D eigenvalue weighted by Gasteiger charge is -2.18. The Morgan fingerprint density at radius 3 is 2.37 bits per heavy atom. The lowest BCUT2D eigenvalue weighted by Crippen LogP contribution is -2.39. The number of amides is 1. The summed E-state index contributed by atoms with van der Waals surface area (Å²) in [5.74, 6) is 0.825. The number of hydrogen-bond donors (Lipinski definition) is 2. The highest BCUT2D eigenvalue weighted by atomic mass is 32.1. The van der Waals surface area contributed by atoms with Gasteiger partial charge in [-0.1, -0.05) is 6.07 Å². The molecule has 0 aliphatic heterocycles. The second-order valence-electron chi connectivity index (χ2n) is 6.83. The number of ether oxygens (including phenoxy) is 1. The Kier molecular flexibility index (Phi) is 7.19. The molecule has 0 spiro atoms. The lowest BCUT2D eigenvalue weighted by molar-refractivity contribution is 0.0827. The van der Waals surface area contributed by atoms with E-state index in [0.29, 0.717) is 17.3 Å². The molecule has 0 bridgehead atoms. The van der Waals surface area contributed by atoms with Gasteiger partial charge < -0.3 is 20.3 Å². The molecule has 0 saturated heterocycles. The maximum atomic E-state index is 11.9. The van der Waals surface area contributed by atoms with Gasteiger partial charge in [-0.15, -0.1) is 0 Å². The van der Waals surface area contributed by atoms with Crippen LogP contribution in [0, 0.1) is 13.8 Å². The van der Waals surface area contributed by atoms with Crippen molar-refractivity contribution >= 4 is 28.9 Å². The molecular weight excluding hydrogens is 358 g/mol. The van der Waals surface area contributed by atoms with Crippen molar-refractivity contribution in [1.29, 1.82) is 0 Å². The standard InChI is InChI=1S/C21H27N3O2S/c1-14-6-11-19(12-15(14)2)26-13-16(3)22-21(27)23-18-9-7-17(8-10-18)20(25)24(4)5/h6-12,16H,13H2,1-5H3,(H2,22,23,27)/t16-/m0/s1. The van der Waals surface area contributed by atoms with Crippen molar-refractivity contribution in [2.75, 3.05) is 26.0 Å². The molecule has 0 unspecified atom stereocenters. The monoisotopic (exact) mass is 385 g/mol. The largest absolute Gasteiger partial charge is 0.491 e. The Bertz CT molecular complexity index is 804. The van der Waals surface area contributed by atoms with Gasteiger partial charge in [0.1, 0.15) is 12.4 Å². The van der Waals surface area contributed by atoms with Crippen molar-refractivity contribution in [3.63, 3.8) is 0 Å². The molecule has 0 fully saturated rings. The third-order valence-corrected chi connectivity index (χ3v) is 4.37. The van der Waals surface area contributed by atoms with Crippen LogP contribution in [0.1, 0.15) is 28.4 Å². The highest BCUT2D eigenvalue weighted by molar-refractivity contribution is 7.80. The molecule has 0 aliphatic carbocycles. The Balaban J connectivity index is 1.82. The number of anilines is 1. The number of carbonyl (C=O) groups is 1. The molecule has 0 aromatic heterocycles. The van der Waals surface area contributed by atoms with Gasteiger partial charge in [0, 0.05) is 25.3 Å². The van der Waals surface area contributed by atoms with Gasteiger partial charge in [0.05, 0.1) is 6.04 Å². The van der Waals surface area contributed by atoms with E-state index in [4.69, 9.17) is 17.0 Å². The molecule has 2 N–H and O–H groups in total. The van der Waals surface area contributed by atoms with E-state index in [1.807, 2.05) is 31.2 Å². The van der Waals surface area contributed by atoms with Gasteiger partial charge in [0.25, 0.3) is 5.91 Å². The minimum atomic E-state index is -0.0284. The summed E-state index contributed by atoms with van der Waals surface area (Å²) in [5, 5.41) is 6.84. The van der Waals surface area contributed by atoms with Crippen molar-refractivity contribution in [2.24, 2.45) is 0 Å². The quantitative estimate of drug-likeness (QED) is 0.742. The molecule has 0 heterocycles. The fourth-order valence-corrected chi connectivity index (χ4v) is 2.73. The molecule has 2 rings (SSSR count). The average molecular weight is 386 g/mol. The number of carbonyl (C=O) groups excluding carboxylic acids is 1. The molecule has 27 heavy (non-hydrogen) atoms. The number of benzene rings is 2. The van der Waals surface area contributed by atoms with Crippen LogP contribution in [0.3, 0.4) is 0 Å². The maximum Gasteiger partial charge on any atom is 0.253 e. The minimum Gasteiger partial charge on any atom is -0.491 e. The van der Waals surface area contributed by atoms with Crippen molar-refractivity contribution in [3.8, 4) is 5.75 Å². The first-order chi connectivity index (χ1) is 12.8. The fraction of sp³-hybridized carbons (Fsp3) is 0.333. The van der Waals surface area contributed by atoms with Gasteiger partial charge >= 0.3 is 0 Å². The number of nitrogens with one attached hydrogen (secondary N) is 2. The van der Waals surface area contributed by atoms with Crippen molar-refractivity contribution in [1.82, 2.24) is 10.2 Å². The molecule has 2 aromatic rings. The fourth-order valence-electron chi connectivity index (χ4n) is 2.41. The molecule has 1 atom stereocenters. The minimum absolute atomic E-state index is 0.0284. The van der Waals surface area contributed by atoms with E-state index in [-0.39, 0.29) is 11.9 Å². The van der Waals surface area contributed by atoms with Crippen LogP contribution in [0.5, 0.6) is 5.75 Å². The maximum absolute atomic E-state index is 11.9. The predicted molar refractivity (Wildman–Crippen MR) is 115 cm³/mol. The van der Waals surface area contributed by atoms with E-state index >= 15 is 0 Å². The molecule has 144 valence electrons. The second-order valence-corrected chi connectivity index (χ2v) is 7.24. The van der Waals surface area contributed by atoms with E-state index in [1.165, 1.54) is 11.1 Å². The Morgan fingerprint density at radius 1 is 1.11 bits per heavy atom. The summed E-state index contributed by atoms with van der Waals surface area (Å²) in [6.45, 7) is 6.66. The van der Waals surface area contributed by atoms with Crippen LogP contribution in [-0.2, 0) is 0 Å². The van der Waals surface area contributed by atoms with Gasteiger partial charge in [-0.05, 0) is 80.5 Å². The molecule has 5 nitrogen and oxygen atoms in total. The summed E-state index contributed by atoms with van der Waals surface area (Å²) >= 11 is 5.35. The zero-order valence-corrected chi connectivity index (χ0v) is 17.3. The number of aryl methyl sites for hydroxylation is 2. The third-order valence-electron chi connectivity index (χ3n) is 4.15. The van der Waals surface area contributed by atoms with Crippen molar-refractivity contribution in [2.45, 2.75) is 26.8 Å². The van der Waals surface area contributed by atoms with Gasteiger partial charge in [0.2, 0.25) is 0 Å². The number of hydrogen-bond acceptors (Lipinski definition) is 3. The summed E-state index contributed by atoms with van der Waals surface area (Å²) in [5.41, 5.74) is 3.92. The zero-order chi connectivity index (χ0) is 20.0. The zero-order valence-electron chi connectivity index (χ0n) is 16.5. The Morgan fingerprint density at radius 2 is 1.78 bits per heavy atom. The predicted octanol–water partition coefficient (Wildman–Crippen LogP) is 3.76. The Labute approximate surface area is 166 Å². The lowest BCUT2D eigenvalue weighted by atomic mass is 10.1. The highest BCUT2D eigenvalue weighted by Crippen LogP contribution is 2.16. The van der Waals surface area contributed by atoms with Crippen LogP contribution in [0.25, 0.3) is 0 Å². The van der Waals surface area contributed by atoms with Crippen LogP contribution in [0.4, 0.5) is 5.69 Å². The second kappa shape index (κ2) is 9.37. The molecule has 1 amide bonds. The molecule has 0 saturated carbocycles. The van der Waals surface area contributed by atoms with Crippen molar-refractivity contribution in [3.05, 3.63) is 59.2 Å². The SMILES string of the molecule is Cc1ccc(OC[C@H](C)NC(=S)Nc2ccc(C(=O)N(C)C)cc2)cc1C. The van der Waals surface area contributed by atoms with Crippen LogP contribution in [0.2, 0.25) is 0 Å². The van der Waals surface area contributed by atoms with E-state index < -0.39 is 0 Å². The third kappa shape index (κ3) is 6.25. The van der Waals surface area contributed by atoms with Gasteiger partial charge in [-0.2, -0.15) is 0 Å².